The Balaban J connectivity index is 2.27. The lowest BCUT2D eigenvalue weighted by Gasteiger charge is -2.10. The van der Waals surface area contributed by atoms with Gasteiger partial charge in [0.05, 0.1) is 7.11 Å². The second kappa shape index (κ2) is 5.78. The number of carbonyl (C=O) groups is 1. The van der Waals surface area contributed by atoms with Crippen LogP contribution in [-0.4, -0.2) is 12.9 Å². The molecule has 20 heavy (non-hydrogen) atoms. The van der Waals surface area contributed by atoms with Gasteiger partial charge in [-0.15, -0.1) is 0 Å². The smallest absolute Gasteiger partial charge is 0.167 e. The van der Waals surface area contributed by atoms with Gasteiger partial charge in [-0.2, -0.15) is 0 Å². The highest BCUT2D eigenvalue weighted by molar-refractivity contribution is 5.98. The van der Waals surface area contributed by atoms with Gasteiger partial charge >= 0.3 is 0 Å². The van der Waals surface area contributed by atoms with Crippen LogP contribution in [0.4, 0.5) is 5.69 Å². The van der Waals surface area contributed by atoms with E-state index in [2.05, 4.69) is 0 Å². The van der Waals surface area contributed by atoms with E-state index in [1.807, 2.05) is 38.1 Å². The third kappa shape index (κ3) is 2.99. The lowest BCUT2D eigenvalue weighted by atomic mass is 9.99. The Hall–Kier alpha value is -2.29. The molecule has 2 N–H and O–H groups in total. The minimum absolute atomic E-state index is 0.0667. The molecule has 0 aromatic heterocycles. The van der Waals surface area contributed by atoms with Crippen molar-refractivity contribution in [2.75, 3.05) is 12.8 Å². The fourth-order valence-electron chi connectivity index (χ4n) is 2.17. The molecule has 0 aliphatic heterocycles. The van der Waals surface area contributed by atoms with Gasteiger partial charge in [-0.25, -0.2) is 0 Å². The predicted octanol–water partition coefficient (Wildman–Crippen LogP) is 3.32. The first kappa shape index (κ1) is 14.1. The largest absolute Gasteiger partial charge is 0.496 e. The van der Waals surface area contributed by atoms with Crippen molar-refractivity contribution in [3.63, 3.8) is 0 Å². The summed E-state index contributed by atoms with van der Waals surface area (Å²) in [4.78, 5) is 12.4. The molecule has 3 heteroatoms. The zero-order chi connectivity index (χ0) is 14.7. The van der Waals surface area contributed by atoms with Crippen molar-refractivity contribution in [3.8, 4) is 5.75 Å². The van der Waals surface area contributed by atoms with Crippen LogP contribution in [-0.2, 0) is 6.42 Å². The van der Waals surface area contributed by atoms with Gasteiger partial charge in [-0.1, -0.05) is 17.7 Å². The molecule has 0 atom stereocenters. The number of ketones is 1. The SMILES string of the molecule is COc1ccc(C)cc1CC(=O)c1ccc(N)c(C)c1. The second-order valence-corrected chi connectivity index (χ2v) is 4.99. The average molecular weight is 269 g/mol. The molecule has 0 heterocycles. The molecule has 2 rings (SSSR count). The number of nitrogen functional groups attached to an aromatic ring is 1. The number of rotatable bonds is 4. The van der Waals surface area contributed by atoms with Gasteiger partial charge in [0, 0.05) is 23.2 Å². The van der Waals surface area contributed by atoms with E-state index in [9.17, 15) is 4.79 Å². The number of ether oxygens (including phenoxy) is 1. The van der Waals surface area contributed by atoms with E-state index in [0.29, 0.717) is 17.7 Å². The van der Waals surface area contributed by atoms with Crippen LogP contribution in [0, 0.1) is 13.8 Å². The van der Waals surface area contributed by atoms with E-state index >= 15 is 0 Å². The number of benzene rings is 2. The van der Waals surface area contributed by atoms with E-state index < -0.39 is 0 Å². The monoisotopic (exact) mass is 269 g/mol. The molecule has 0 bridgehead atoms. The summed E-state index contributed by atoms with van der Waals surface area (Å²) in [7, 11) is 1.62. The van der Waals surface area contributed by atoms with Crippen LogP contribution >= 0.6 is 0 Å². The molecule has 0 unspecified atom stereocenters. The molecule has 0 saturated heterocycles. The van der Waals surface area contributed by atoms with Crippen molar-refractivity contribution in [1.82, 2.24) is 0 Å². The van der Waals surface area contributed by atoms with E-state index in [-0.39, 0.29) is 5.78 Å². The Morgan fingerprint density at radius 2 is 1.90 bits per heavy atom. The third-order valence-corrected chi connectivity index (χ3v) is 3.38. The number of nitrogens with two attached hydrogens (primary N) is 1. The van der Waals surface area contributed by atoms with Crippen LogP contribution in [0.2, 0.25) is 0 Å². The van der Waals surface area contributed by atoms with Gasteiger partial charge < -0.3 is 10.5 Å². The summed E-state index contributed by atoms with van der Waals surface area (Å²) in [6.07, 6.45) is 0.328. The van der Waals surface area contributed by atoms with Crippen LogP contribution in [0.1, 0.15) is 27.0 Å². The van der Waals surface area contributed by atoms with Gasteiger partial charge in [0.1, 0.15) is 5.75 Å². The number of aryl methyl sites for hydroxylation is 2. The highest BCUT2D eigenvalue weighted by Crippen LogP contribution is 2.22. The van der Waals surface area contributed by atoms with Crippen molar-refractivity contribution in [2.24, 2.45) is 0 Å². The van der Waals surface area contributed by atoms with E-state index in [4.69, 9.17) is 10.5 Å². The lowest BCUT2D eigenvalue weighted by molar-refractivity contribution is 0.0992. The summed E-state index contributed by atoms with van der Waals surface area (Å²) < 4.78 is 5.31. The molecule has 0 aliphatic carbocycles. The molecule has 0 spiro atoms. The van der Waals surface area contributed by atoms with Crippen molar-refractivity contribution >= 4 is 11.5 Å². The molecular weight excluding hydrogens is 250 g/mol. The maximum absolute atomic E-state index is 12.4. The Morgan fingerprint density at radius 3 is 2.55 bits per heavy atom. The number of anilines is 1. The van der Waals surface area contributed by atoms with Crippen molar-refractivity contribution in [2.45, 2.75) is 20.3 Å². The van der Waals surface area contributed by atoms with Crippen LogP contribution in [0.3, 0.4) is 0 Å². The molecule has 0 radical (unpaired) electrons. The molecule has 3 nitrogen and oxygen atoms in total. The number of Topliss-reactive ketones (excluding diaryl/α,β-unsaturated/α-hetero) is 1. The number of hydrogen-bond acceptors (Lipinski definition) is 3. The summed E-state index contributed by atoms with van der Waals surface area (Å²) in [5, 5.41) is 0. The maximum Gasteiger partial charge on any atom is 0.167 e. The van der Waals surface area contributed by atoms with Gasteiger partial charge in [0.2, 0.25) is 0 Å². The number of hydrogen-bond donors (Lipinski definition) is 1. The molecule has 0 amide bonds. The minimum Gasteiger partial charge on any atom is -0.496 e. The maximum atomic E-state index is 12.4. The minimum atomic E-state index is 0.0667. The molecule has 0 aliphatic rings. The van der Waals surface area contributed by atoms with Crippen LogP contribution in [0.5, 0.6) is 5.75 Å². The van der Waals surface area contributed by atoms with Gasteiger partial charge in [-0.05, 0) is 43.7 Å². The summed E-state index contributed by atoms with van der Waals surface area (Å²) in [5.41, 5.74) is 10.1. The number of carbonyl (C=O) groups excluding carboxylic acids is 1. The standard InChI is InChI=1S/C17H19NO2/c1-11-4-7-17(20-3)14(8-11)10-16(19)13-5-6-15(18)12(2)9-13/h4-9H,10,18H2,1-3H3. The first-order chi connectivity index (χ1) is 9.51. The molecule has 0 saturated carbocycles. The zero-order valence-corrected chi connectivity index (χ0v) is 12.1. The Kier molecular flexibility index (Phi) is 4.08. The van der Waals surface area contributed by atoms with E-state index in [1.54, 1.807) is 19.2 Å². The van der Waals surface area contributed by atoms with E-state index in [1.165, 1.54) is 0 Å². The summed E-state index contributed by atoms with van der Waals surface area (Å²) in [5.74, 6) is 0.813. The Morgan fingerprint density at radius 1 is 1.15 bits per heavy atom. The molecular formula is C17H19NO2. The predicted molar refractivity (Wildman–Crippen MR) is 81.4 cm³/mol. The third-order valence-electron chi connectivity index (χ3n) is 3.38. The first-order valence-corrected chi connectivity index (χ1v) is 6.54. The highest BCUT2D eigenvalue weighted by Gasteiger charge is 2.12. The molecule has 2 aromatic carbocycles. The Bertz CT molecular complexity index is 647. The van der Waals surface area contributed by atoms with E-state index in [0.717, 1.165) is 22.4 Å². The summed E-state index contributed by atoms with van der Waals surface area (Å²) >= 11 is 0. The van der Waals surface area contributed by atoms with Crippen LogP contribution in [0.15, 0.2) is 36.4 Å². The van der Waals surface area contributed by atoms with Crippen LogP contribution < -0.4 is 10.5 Å². The zero-order valence-electron chi connectivity index (χ0n) is 12.1. The van der Waals surface area contributed by atoms with Gasteiger partial charge in [-0.3, -0.25) is 4.79 Å². The van der Waals surface area contributed by atoms with Crippen molar-refractivity contribution in [1.29, 1.82) is 0 Å². The van der Waals surface area contributed by atoms with Crippen LogP contribution in [0.25, 0.3) is 0 Å². The topological polar surface area (TPSA) is 52.3 Å². The van der Waals surface area contributed by atoms with Crippen molar-refractivity contribution < 1.29 is 9.53 Å². The number of methoxy groups -OCH3 is 1. The molecule has 2 aromatic rings. The highest BCUT2D eigenvalue weighted by atomic mass is 16.5. The Labute approximate surface area is 119 Å². The van der Waals surface area contributed by atoms with Crippen molar-refractivity contribution in [3.05, 3.63) is 58.7 Å². The first-order valence-electron chi connectivity index (χ1n) is 6.54. The normalized spacial score (nSPS) is 10.3. The lowest BCUT2D eigenvalue weighted by Crippen LogP contribution is -2.06. The fraction of sp³-hybridized carbons (Fsp3) is 0.235. The quantitative estimate of drug-likeness (QED) is 0.684. The second-order valence-electron chi connectivity index (χ2n) is 4.99. The van der Waals surface area contributed by atoms with Gasteiger partial charge in [0.25, 0.3) is 0 Å². The summed E-state index contributed by atoms with van der Waals surface area (Å²) in [6, 6.07) is 11.2. The summed E-state index contributed by atoms with van der Waals surface area (Å²) in [6.45, 7) is 3.90. The molecule has 104 valence electrons. The average Bonchev–Trinajstić information content (AvgIpc) is 2.42. The fourth-order valence-corrected chi connectivity index (χ4v) is 2.17. The molecule has 0 fully saturated rings. The van der Waals surface area contributed by atoms with Gasteiger partial charge in [0.15, 0.2) is 5.78 Å².